The minimum atomic E-state index is -0.443. The van der Waals surface area contributed by atoms with E-state index in [1.54, 1.807) is 26.2 Å². The van der Waals surface area contributed by atoms with Crippen molar-refractivity contribution in [2.45, 2.75) is 26.8 Å². The number of aromatic nitrogens is 2. The van der Waals surface area contributed by atoms with Crippen molar-refractivity contribution in [3.8, 4) is 0 Å². The molecular weight excluding hydrogens is 220 g/mol. The molecule has 1 aromatic rings. The van der Waals surface area contributed by atoms with Crippen LogP contribution in [-0.4, -0.2) is 35.1 Å². The first-order valence-corrected chi connectivity index (χ1v) is 5.66. The van der Waals surface area contributed by atoms with Crippen molar-refractivity contribution in [1.82, 2.24) is 9.97 Å². The zero-order valence-electron chi connectivity index (χ0n) is 10.4. The highest BCUT2D eigenvalue weighted by atomic mass is 16.5. The van der Waals surface area contributed by atoms with E-state index in [-0.39, 0.29) is 5.97 Å². The van der Waals surface area contributed by atoms with Crippen LogP contribution in [0.15, 0.2) is 12.4 Å². The number of rotatable bonds is 6. The van der Waals surface area contributed by atoms with E-state index in [0.717, 1.165) is 6.54 Å². The average molecular weight is 238 g/mol. The number of anilines is 2. The molecule has 0 spiro atoms. The minimum Gasteiger partial charge on any atom is -0.464 e. The number of esters is 1. The normalized spacial score (nSPS) is 11.7. The maximum atomic E-state index is 11.4. The second-order valence-electron chi connectivity index (χ2n) is 3.44. The molecular formula is C11H18N4O2. The van der Waals surface area contributed by atoms with Crippen LogP contribution < -0.4 is 10.6 Å². The third-order valence-corrected chi connectivity index (χ3v) is 2.00. The molecule has 6 nitrogen and oxygen atoms in total. The van der Waals surface area contributed by atoms with Gasteiger partial charge >= 0.3 is 5.97 Å². The molecule has 6 heteroatoms. The van der Waals surface area contributed by atoms with Crippen molar-refractivity contribution in [2.24, 2.45) is 0 Å². The molecule has 0 aliphatic rings. The summed E-state index contributed by atoms with van der Waals surface area (Å²) in [6.45, 7) is 6.61. The van der Waals surface area contributed by atoms with Gasteiger partial charge in [-0.2, -0.15) is 0 Å². The number of ether oxygens (including phenoxy) is 1. The quantitative estimate of drug-likeness (QED) is 0.727. The van der Waals surface area contributed by atoms with Crippen molar-refractivity contribution < 1.29 is 9.53 Å². The summed E-state index contributed by atoms with van der Waals surface area (Å²) in [4.78, 5) is 19.7. The summed E-state index contributed by atoms with van der Waals surface area (Å²) >= 11 is 0. The summed E-state index contributed by atoms with van der Waals surface area (Å²) in [7, 11) is 0. The van der Waals surface area contributed by atoms with Crippen molar-refractivity contribution in [1.29, 1.82) is 0 Å². The van der Waals surface area contributed by atoms with Gasteiger partial charge in [-0.25, -0.2) is 9.78 Å². The summed E-state index contributed by atoms with van der Waals surface area (Å²) in [5.74, 6) is 0.917. The first kappa shape index (κ1) is 13.2. The Bertz CT molecular complexity index is 370. The Morgan fingerprint density at radius 2 is 2.12 bits per heavy atom. The molecule has 17 heavy (non-hydrogen) atoms. The van der Waals surface area contributed by atoms with Crippen LogP contribution in [0.5, 0.6) is 0 Å². The highest BCUT2D eigenvalue weighted by Crippen LogP contribution is 2.08. The SMILES string of the molecule is CCNc1cncc(NC(C)C(=O)OCC)n1. The van der Waals surface area contributed by atoms with Gasteiger partial charge in [0.15, 0.2) is 0 Å². The number of nitrogens with zero attached hydrogens (tertiary/aromatic N) is 2. The Labute approximate surface area is 101 Å². The maximum absolute atomic E-state index is 11.4. The molecule has 0 aliphatic heterocycles. The molecule has 94 valence electrons. The summed E-state index contributed by atoms with van der Waals surface area (Å²) in [6.07, 6.45) is 3.19. The number of carbonyl (C=O) groups is 1. The van der Waals surface area contributed by atoms with Gasteiger partial charge in [-0.05, 0) is 20.8 Å². The van der Waals surface area contributed by atoms with Gasteiger partial charge < -0.3 is 15.4 Å². The Morgan fingerprint density at radius 1 is 1.41 bits per heavy atom. The van der Waals surface area contributed by atoms with Gasteiger partial charge in [0.2, 0.25) is 0 Å². The van der Waals surface area contributed by atoms with E-state index in [0.29, 0.717) is 18.2 Å². The van der Waals surface area contributed by atoms with Gasteiger partial charge in [-0.1, -0.05) is 0 Å². The third kappa shape index (κ3) is 4.26. The minimum absolute atomic E-state index is 0.303. The molecule has 0 bridgehead atoms. The van der Waals surface area contributed by atoms with E-state index in [9.17, 15) is 4.79 Å². The highest BCUT2D eigenvalue weighted by Gasteiger charge is 2.14. The predicted octanol–water partition coefficient (Wildman–Crippen LogP) is 1.27. The molecule has 1 unspecified atom stereocenters. The second-order valence-corrected chi connectivity index (χ2v) is 3.44. The fraction of sp³-hybridized carbons (Fsp3) is 0.545. The van der Waals surface area contributed by atoms with Crippen LogP contribution in [0.1, 0.15) is 20.8 Å². The zero-order valence-corrected chi connectivity index (χ0v) is 10.4. The third-order valence-electron chi connectivity index (χ3n) is 2.00. The summed E-state index contributed by atoms with van der Waals surface area (Å²) in [6, 6.07) is -0.443. The van der Waals surface area contributed by atoms with Crippen LogP contribution in [0.3, 0.4) is 0 Å². The van der Waals surface area contributed by atoms with E-state index in [2.05, 4.69) is 20.6 Å². The lowest BCUT2D eigenvalue weighted by atomic mass is 10.3. The van der Waals surface area contributed by atoms with Crippen LogP contribution in [0.2, 0.25) is 0 Å². The Kier molecular flexibility index (Phi) is 5.19. The van der Waals surface area contributed by atoms with Crippen LogP contribution in [0, 0.1) is 0 Å². The van der Waals surface area contributed by atoms with Crippen LogP contribution in [-0.2, 0) is 9.53 Å². The predicted molar refractivity (Wildman–Crippen MR) is 65.9 cm³/mol. The largest absolute Gasteiger partial charge is 0.464 e. The fourth-order valence-corrected chi connectivity index (χ4v) is 1.25. The van der Waals surface area contributed by atoms with Gasteiger partial charge in [-0.15, -0.1) is 0 Å². The summed E-state index contributed by atoms with van der Waals surface area (Å²) < 4.78 is 4.89. The lowest BCUT2D eigenvalue weighted by Crippen LogP contribution is -2.28. The monoisotopic (exact) mass is 238 g/mol. The van der Waals surface area contributed by atoms with Crippen molar-refractivity contribution in [2.75, 3.05) is 23.8 Å². The molecule has 0 fully saturated rings. The molecule has 0 aliphatic carbocycles. The molecule has 1 atom stereocenters. The lowest BCUT2D eigenvalue weighted by Gasteiger charge is -2.13. The zero-order chi connectivity index (χ0) is 12.7. The van der Waals surface area contributed by atoms with Gasteiger partial charge in [0.25, 0.3) is 0 Å². The highest BCUT2D eigenvalue weighted by molar-refractivity contribution is 5.78. The molecule has 0 amide bonds. The van der Waals surface area contributed by atoms with E-state index in [4.69, 9.17) is 4.74 Å². The first-order valence-electron chi connectivity index (χ1n) is 5.66. The maximum Gasteiger partial charge on any atom is 0.328 e. The second kappa shape index (κ2) is 6.67. The van der Waals surface area contributed by atoms with Gasteiger partial charge in [0.05, 0.1) is 19.0 Å². The average Bonchev–Trinajstić information content (AvgIpc) is 2.30. The van der Waals surface area contributed by atoms with E-state index in [1.165, 1.54) is 0 Å². The summed E-state index contributed by atoms with van der Waals surface area (Å²) in [5.41, 5.74) is 0. The topological polar surface area (TPSA) is 76.1 Å². The molecule has 0 saturated heterocycles. The van der Waals surface area contributed by atoms with Crippen molar-refractivity contribution in [3.63, 3.8) is 0 Å². The standard InChI is InChI=1S/C11H18N4O2/c1-4-13-9-6-12-7-10(15-9)14-8(3)11(16)17-5-2/h6-8H,4-5H2,1-3H3,(H2,13,14,15). The number of nitrogens with one attached hydrogen (secondary N) is 2. The Hall–Kier alpha value is -1.85. The van der Waals surface area contributed by atoms with Gasteiger partial charge in [0, 0.05) is 6.54 Å². The van der Waals surface area contributed by atoms with Crippen molar-refractivity contribution in [3.05, 3.63) is 12.4 Å². The molecule has 0 aromatic carbocycles. The summed E-state index contributed by atoms with van der Waals surface area (Å²) in [5, 5.41) is 5.98. The molecule has 1 heterocycles. The molecule has 2 N–H and O–H groups in total. The Morgan fingerprint density at radius 3 is 2.76 bits per heavy atom. The lowest BCUT2D eigenvalue weighted by molar-refractivity contribution is -0.143. The molecule has 0 saturated carbocycles. The Balaban J connectivity index is 2.61. The number of hydrogen-bond acceptors (Lipinski definition) is 6. The number of hydrogen-bond donors (Lipinski definition) is 2. The fourth-order valence-electron chi connectivity index (χ4n) is 1.25. The van der Waals surface area contributed by atoms with Gasteiger partial charge in [-0.3, -0.25) is 4.98 Å². The molecule has 0 radical (unpaired) electrons. The molecule has 1 aromatic heterocycles. The van der Waals surface area contributed by atoms with E-state index >= 15 is 0 Å². The van der Waals surface area contributed by atoms with E-state index in [1.807, 2.05) is 6.92 Å². The van der Waals surface area contributed by atoms with Crippen LogP contribution in [0.4, 0.5) is 11.6 Å². The van der Waals surface area contributed by atoms with Crippen molar-refractivity contribution >= 4 is 17.6 Å². The smallest absolute Gasteiger partial charge is 0.328 e. The number of carbonyl (C=O) groups excluding carboxylic acids is 1. The molecule has 1 rings (SSSR count). The van der Waals surface area contributed by atoms with Crippen LogP contribution >= 0.6 is 0 Å². The van der Waals surface area contributed by atoms with Gasteiger partial charge in [0.1, 0.15) is 17.7 Å². The first-order chi connectivity index (χ1) is 8.17. The van der Waals surface area contributed by atoms with E-state index < -0.39 is 6.04 Å². The van der Waals surface area contributed by atoms with Crippen LogP contribution in [0.25, 0.3) is 0 Å².